The average molecular weight is 406 g/mol. The third kappa shape index (κ3) is 3.81. The molecule has 1 saturated heterocycles. The number of aromatic nitrogens is 4. The van der Waals surface area contributed by atoms with Crippen LogP contribution in [0.4, 0.5) is 14.7 Å². The van der Waals surface area contributed by atoms with Crippen molar-refractivity contribution in [2.45, 2.75) is 45.0 Å². The van der Waals surface area contributed by atoms with Crippen LogP contribution < -0.4 is 4.90 Å². The number of halogens is 3. The Labute approximate surface area is 167 Å². The molecule has 1 fully saturated rings. The smallest absolute Gasteiger partial charge is 0.267 e. The van der Waals surface area contributed by atoms with Crippen molar-refractivity contribution in [3.63, 3.8) is 0 Å². The Hall–Kier alpha value is -2.28. The second-order valence-corrected chi connectivity index (χ2v) is 8.77. The Bertz CT molecular complexity index is 1010. The third-order valence-corrected chi connectivity index (χ3v) is 5.09. The molecule has 0 atom stereocenters. The molecule has 4 rings (SSSR count). The van der Waals surface area contributed by atoms with Gasteiger partial charge in [-0.1, -0.05) is 44.5 Å². The number of fused-ring (bicyclic) bond motifs is 1. The molecule has 0 radical (unpaired) electrons. The fraction of sp³-hybridized carbons (Fsp3) is 0.450. The number of rotatable bonds is 3. The van der Waals surface area contributed by atoms with Crippen LogP contribution in [0.2, 0.25) is 5.02 Å². The number of nitrogens with one attached hydrogen (secondary N) is 1. The SMILES string of the molecule is CC(C)(C)c1nc(Cc2ccc(Cl)cc2)c2[nH]c(N3CCC(F)(F)C3)nc2n1. The monoisotopic (exact) mass is 405 g/mol. The minimum Gasteiger partial charge on any atom is -0.336 e. The van der Waals surface area contributed by atoms with Crippen molar-refractivity contribution >= 4 is 28.7 Å². The summed E-state index contributed by atoms with van der Waals surface area (Å²) in [6.45, 7) is 6.04. The number of alkyl halides is 2. The van der Waals surface area contributed by atoms with Crippen LogP contribution in [0, 0.1) is 0 Å². The fourth-order valence-electron chi connectivity index (χ4n) is 3.27. The molecule has 3 heterocycles. The highest BCUT2D eigenvalue weighted by atomic mass is 35.5. The van der Waals surface area contributed by atoms with E-state index in [0.29, 0.717) is 34.4 Å². The maximum atomic E-state index is 13.6. The molecule has 28 heavy (non-hydrogen) atoms. The van der Waals surface area contributed by atoms with Crippen molar-refractivity contribution in [1.29, 1.82) is 0 Å². The minimum atomic E-state index is -2.69. The lowest BCUT2D eigenvalue weighted by atomic mass is 9.95. The number of hydrogen-bond acceptors (Lipinski definition) is 4. The molecule has 148 valence electrons. The number of hydrogen-bond donors (Lipinski definition) is 1. The Balaban J connectivity index is 1.78. The van der Waals surface area contributed by atoms with Gasteiger partial charge in [-0.25, -0.2) is 18.7 Å². The fourth-order valence-corrected chi connectivity index (χ4v) is 3.39. The van der Waals surface area contributed by atoms with Crippen LogP contribution in [0.3, 0.4) is 0 Å². The van der Waals surface area contributed by atoms with E-state index in [0.717, 1.165) is 11.3 Å². The number of imidazole rings is 1. The first kappa shape index (κ1) is 19.1. The van der Waals surface area contributed by atoms with Crippen molar-refractivity contribution in [3.8, 4) is 0 Å². The molecule has 0 amide bonds. The maximum absolute atomic E-state index is 13.6. The standard InChI is InChI=1S/C20H22ClF2N5/c1-19(2,3)17-24-14(10-12-4-6-13(21)7-5-12)15-16(26-17)27-18(25-15)28-9-8-20(22,23)11-28/h4-7H,8-11H2,1-3H3,(H,24,25,26,27). The summed E-state index contributed by atoms with van der Waals surface area (Å²) in [5.74, 6) is -1.59. The van der Waals surface area contributed by atoms with Crippen molar-refractivity contribution < 1.29 is 8.78 Å². The average Bonchev–Trinajstić information content (AvgIpc) is 3.19. The normalized spacial score (nSPS) is 16.9. The summed E-state index contributed by atoms with van der Waals surface area (Å²) in [5, 5.41) is 0.672. The van der Waals surface area contributed by atoms with Crippen LogP contribution >= 0.6 is 11.6 Å². The molecule has 0 bridgehead atoms. The highest BCUT2D eigenvalue weighted by Crippen LogP contribution is 2.31. The summed E-state index contributed by atoms with van der Waals surface area (Å²) in [5.41, 5.74) is 2.78. The summed E-state index contributed by atoms with van der Waals surface area (Å²) >= 11 is 5.99. The molecule has 3 aromatic rings. The number of aromatic amines is 1. The summed E-state index contributed by atoms with van der Waals surface area (Å²) in [6, 6.07) is 7.58. The van der Waals surface area contributed by atoms with E-state index in [9.17, 15) is 8.78 Å². The molecule has 1 aliphatic rings. The van der Waals surface area contributed by atoms with E-state index >= 15 is 0 Å². The Kier molecular flexibility index (Phi) is 4.53. The van der Waals surface area contributed by atoms with E-state index < -0.39 is 5.92 Å². The van der Waals surface area contributed by atoms with Crippen molar-refractivity contribution in [3.05, 3.63) is 46.4 Å². The summed E-state index contributed by atoms with van der Waals surface area (Å²) in [4.78, 5) is 18.7. The summed E-state index contributed by atoms with van der Waals surface area (Å²) in [7, 11) is 0. The predicted octanol–water partition coefficient (Wildman–Crippen LogP) is 4.74. The van der Waals surface area contributed by atoms with Gasteiger partial charge < -0.3 is 9.88 Å². The van der Waals surface area contributed by atoms with Gasteiger partial charge in [0, 0.05) is 29.8 Å². The van der Waals surface area contributed by atoms with Crippen LogP contribution in [-0.4, -0.2) is 38.9 Å². The highest BCUT2D eigenvalue weighted by Gasteiger charge is 2.39. The van der Waals surface area contributed by atoms with Gasteiger partial charge in [-0.15, -0.1) is 0 Å². The van der Waals surface area contributed by atoms with Gasteiger partial charge in [0.15, 0.2) is 5.65 Å². The van der Waals surface area contributed by atoms with Crippen molar-refractivity contribution in [2.24, 2.45) is 0 Å². The van der Waals surface area contributed by atoms with Gasteiger partial charge in [0.25, 0.3) is 5.92 Å². The van der Waals surface area contributed by atoms with Gasteiger partial charge in [-0.3, -0.25) is 0 Å². The van der Waals surface area contributed by atoms with Crippen LogP contribution in [0.15, 0.2) is 24.3 Å². The van der Waals surface area contributed by atoms with Crippen LogP contribution in [-0.2, 0) is 11.8 Å². The summed E-state index contributed by atoms with van der Waals surface area (Å²) < 4.78 is 27.3. The first-order chi connectivity index (χ1) is 13.1. The molecule has 0 aliphatic carbocycles. The maximum Gasteiger partial charge on any atom is 0.267 e. The first-order valence-corrected chi connectivity index (χ1v) is 9.63. The van der Waals surface area contributed by atoms with E-state index in [2.05, 4.69) is 15.0 Å². The molecule has 0 saturated carbocycles. The highest BCUT2D eigenvalue weighted by molar-refractivity contribution is 6.30. The van der Waals surface area contributed by atoms with Gasteiger partial charge in [0.2, 0.25) is 5.95 Å². The zero-order chi connectivity index (χ0) is 20.1. The van der Waals surface area contributed by atoms with Gasteiger partial charge in [0.05, 0.1) is 12.2 Å². The lowest BCUT2D eigenvalue weighted by Gasteiger charge is -2.17. The number of nitrogens with zero attached hydrogens (tertiary/aromatic N) is 4. The minimum absolute atomic E-state index is 0.166. The van der Waals surface area contributed by atoms with E-state index in [1.165, 1.54) is 0 Å². The van der Waals surface area contributed by atoms with E-state index in [-0.39, 0.29) is 24.9 Å². The molecule has 1 aliphatic heterocycles. The molecular formula is C20H22ClF2N5. The van der Waals surface area contributed by atoms with Gasteiger partial charge in [0.1, 0.15) is 11.3 Å². The Morgan fingerprint density at radius 1 is 1.14 bits per heavy atom. The zero-order valence-electron chi connectivity index (χ0n) is 16.1. The lowest BCUT2D eigenvalue weighted by Crippen LogP contribution is -2.25. The summed E-state index contributed by atoms with van der Waals surface area (Å²) in [6.07, 6.45) is 0.400. The van der Waals surface area contributed by atoms with Gasteiger partial charge >= 0.3 is 0 Å². The van der Waals surface area contributed by atoms with Crippen LogP contribution in [0.5, 0.6) is 0 Å². The molecule has 2 aromatic heterocycles. The molecule has 5 nitrogen and oxygen atoms in total. The van der Waals surface area contributed by atoms with E-state index in [4.69, 9.17) is 16.6 Å². The van der Waals surface area contributed by atoms with E-state index in [1.54, 1.807) is 4.90 Å². The van der Waals surface area contributed by atoms with Gasteiger partial charge in [-0.2, -0.15) is 4.98 Å². The van der Waals surface area contributed by atoms with Crippen molar-refractivity contribution in [2.75, 3.05) is 18.0 Å². The topological polar surface area (TPSA) is 57.7 Å². The largest absolute Gasteiger partial charge is 0.336 e. The molecule has 0 unspecified atom stereocenters. The zero-order valence-corrected chi connectivity index (χ0v) is 16.8. The quantitative estimate of drug-likeness (QED) is 0.683. The number of benzene rings is 1. The number of anilines is 1. The molecule has 1 aromatic carbocycles. The number of H-pyrrole nitrogens is 1. The molecule has 1 N–H and O–H groups in total. The molecule has 0 spiro atoms. The third-order valence-electron chi connectivity index (χ3n) is 4.84. The van der Waals surface area contributed by atoms with Gasteiger partial charge in [-0.05, 0) is 17.7 Å². The van der Waals surface area contributed by atoms with Crippen molar-refractivity contribution in [1.82, 2.24) is 19.9 Å². The first-order valence-electron chi connectivity index (χ1n) is 9.25. The Morgan fingerprint density at radius 2 is 1.86 bits per heavy atom. The van der Waals surface area contributed by atoms with Crippen LogP contribution in [0.1, 0.15) is 44.3 Å². The second-order valence-electron chi connectivity index (χ2n) is 8.33. The van der Waals surface area contributed by atoms with E-state index in [1.807, 2.05) is 45.0 Å². The second kappa shape index (κ2) is 6.65. The predicted molar refractivity (Wildman–Crippen MR) is 106 cm³/mol. The van der Waals surface area contributed by atoms with Crippen LogP contribution in [0.25, 0.3) is 11.2 Å². The lowest BCUT2D eigenvalue weighted by molar-refractivity contribution is 0.0256. The molecular weight excluding hydrogens is 384 g/mol. The molecule has 8 heteroatoms. The Morgan fingerprint density at radius 3 is 2.46 bits per heavy atom.